The molecule has 0 saturated carbocycles. The molecule has 0 N–H and O–H groups in total. The van der Waals surface area contributed by atoms with E-state index in [0.29, 0.717) is 12.8 Å². The van der Waals surface area contributed by atoms with Gasteiger partial charge >= 0.3 is 0 Å². The molecule has 0 saturated heterocycles. The summed E-state index contributed by atoms with van der Waals surface area (Å²) in [4.78, 5) is 16.7. The largest absolute Gasteiger partial charge is 0.454 e. The molecule has 4 rings (SSSR count). The Balaban J connectivity index is 1.38. The average Bonchev–Trinajstić information content (AvgIpc) is 3.17. The van der Waals surface area contributed by atoms with Crippen LogP contribution in [0.15, 0.2) is 36.4 Å². The van der Waals surface area contributed by atoms with E-state index in [0.717, 1.165) is 44.3 Å². The summed E-state index contributed by atoms with van der Waals surface area (Å²) in [7, 11) is 0. The molecular formula is C19H17NO3S. The fourth-order valence-corrected chi connectivity index (χ4v) is 3.78. The van der Waals surface area contributed by atoms with Crippen molar-refractivity contribution >= 4 is 27.3 Å². The number of ketones is 1. The molecule has 0 bridgehead atoms. The molecule has 0 radical (unpaired) electrons. The summed E-state index contributed by atoms with van der Waals surface area (Å²) in [5.41, 5.74) is 3.16. The minimum Gasteiger partial charge on any atom is -0.454 e. The van der Waals surface area contributed by atoms with Crippen molar-refractivity contribution in [2.24, 2.45) is 0 Å². The highest BCUT2D eigenvalue weighted by molar-refractivity contribution is 7.18. The van der Waals surface area contributed by atoms with Crippen molar-refractivity contribution in [3.63, 3.8) is 0 Å². The van der Waals surface area contributed by atoms with E-state index in [1.54, 1.807) is 11.3 Å². The summed E-state index contributed by atoms with van der Waals surface area (Å²) in [6.45, 7) is 2.28. The normalized spacial score (nSPS) is 12.7. The molecular weight excluding hydrogens is 322 g/mol. The fraction of sp³-hybridized carbons (Fsp3) is 0.263. The van der Waals surface area contributed by atoms with E-state index in [-0.39, 0.29) is 12.6 Å². The number of aryl methyl sites for hydroxylation is 2. The minimum absolute atomic E-state index is 0.244. The SMILES string of the molecule is Cc1nc2ccc(CC(=O)CCc3ccc4c(c3)OCO4)cc2s1. The van der Waals surface area contributed by atoms with Crippen molar-refractivity contribution < 1.29 is 14.3 Å². The van der Waals surface area contributed by atoms with Gasteiger partial charge in [0.15, 0.2) is 11.5 Å². The molecule has 2 aromatic carbocycles. The van der Waals surface area contributed by atoms with E-state index < -0.39 is 0 Å². The van der Waals surface area contributed by atoms with Crippen LogP contribution in [0.5, 0.6) is 11.5 Å². The average molecular weight is 339 g/mol. The second kappa shape index (κ2) is 6.24. The van der Waals surface area contributed by atoms with Crippen LogP contribution in [0, 0.1) is 6.92 Å². The first-order chi connectivity index (χ1) is 11.7. The van der Waals surface area contributed by atoms with E-state index in [4.69, 9.17) is 9.47 Å². The third kappa shape index (κ3) is 3.12. The predicted molar refractivity (Wildman–Crippen MR) is 94.0 cm³/mol. The summed E-state index contributed by atoms with van der Waals surface area (Å²) in [6.07, 6.45) is 1.72. The number of carbonyl (C=O) groups is 1. The summed E-state index contributed by atoms with van der Waals surface area (Å²) in [5, 5.41) is 1.05. The summed E-state index contributed by atoms with van der Waals surface area (Å²) in [6, 6.07) is 11.9. The third-order valence-corrected chi connectivity index (χ3v) is 5.02. The Kier molecular flexibility index (Phi) is 3.94. The van der Waals surface area contributed by atoms with Crippen molar-refractivity contribution in [2.75, 3.05) is 6.79 Å². The second-order valence-corrected chi connectivity index (χ2v) is 7.17. The predicted octanol–water partition coefficient (Wildman–Crippen LogP) is 4.08. The van der Waals surface area contributed by atoms with Crippen LogP contribution in [0.25, 0.3) is 10.2 Å². The Morgan fingerprint density at radius 2 is 1.96 bits per heavy atom. The maximum atomic E-state index is 12.3. The number of hydrogen-bond donors (Lipinski definition) is 0. The number of ether oxygens (including phenoxy) is 2. The highest BCUT2D eigenvalue weighted by Crippen LogP contribution is 2.32. The molecule has 1 aromatic heterocycles. The topological polar surface area (TPSA) is 48.4 Å². The van der Waals surface area contributed by atoms with Gasteiger partial charge in [0, 0.05) is 12.8 Å². The van der Waals surface area contributed by atoms with Crippen LogP contribution in [0.1, 0.15) is 22.6 Å². The number of Topliss-reactive ketones (excluding diaryl/α,β-unsaturated/α-hetero) is 1. The van der Waals surface area contributed by atoms with Crippen LogP contribution < -0.4 is 9.47 Å². The molecule has 2 heterocycles. The van der Waals surface area contributed by atoms with Crippen molar-refractivity contribution in [1.29, 1.82) is 0 Å². The molecule has 0 fully saturated rings. The smallest absolute Gasteiger partial charge is 0.231 e. The van der Waals surface area contributed by atoms with Crippen LogP contribution in [0.4, 0.5) is 0 Å². The first kappa shape index (κ1) is 15.1. The van der Waals surface area contributed by atoms with Crippen LogP contribution in [-0.4, -0.2) is 17.6 Å². The van der Waals surface area contributed by atoms with Crippen molar-refractivity contribution in [3.8, 4) is 11.5 Å². The van der Waals surface area contributed by atoms with E-state index >= 15 is 0 Å². The minimum atomic E-state index is 0.244. The monoisotopic (exact) mass is 339 g/mol. The number of hydrogen-bond acceptors (Lipinski definition) is 5. The van der Waals surface area contributed by atoms with Gasteiger partial charge in [-0.2, -0.15) is 0 Å². The molecule has 0 aliphatic carbocycles. The van der Waals surface area contributed by atoms with Gasteiger partial charge in [0.05, 0.1) is 15.2 Å². The molecule has 0 atom stereocenters. The van der Waals surface area contributed by atoms with Gasteiger partial charge in [0.1, 0.15) is 5.78 Å². The molecule has 0 spiro atoms. The number of rotatable bonds is 5. The Morgan fingerprint density at radius 1 is 1.12 bits per heavy atom. The van der Waals surface area contributed by atoms with E-state index in [9.17, 15) is 4.79 Å². The van der Waals surface area contributed by atoms with Gasteiger partial charge < -0.3 is 9.47 Å². The molecule has 5 heteroatoms. The zero-order chi connectivity index (χ0) is 16.5. The molecule has 0 amide bonds. The number of benzene rings is 2. The second-order valence-electron chi connectivity index (χ2n) is 5.94. The third-order valence-electron chi connectivity index (χ3n) is 4.09. The first-order valence-corrected chi connectivity index (χ1v) is 8.75. The summed E-state index contributed by atoms with van der Waals surface area (Å²) < 4.78 is 11.8. The van der Waals surface area contributed by atoms with Gasteiger partial charge in [-0.1, -0.05) is 12.1 Å². The number of nitrogens with zero attached hydrogens (tertiary/aromatic N) is 1. The lowest BCUT2D eigenvalue weighted by Crippen LogP contribution is -2.04. The quantitative estimate of drug-likeness (QED) is 0.703. The molecule has 24 heavy (non-hydrogen) atoms. The number of thiazole rings is 1. The highest BCUT2D eigenvalue weighted by atomic mass is 32.1. The zero-order valence-electron chi connectivity index (χ0n) is 13.4. The van der Waals surface area contributed by atoms with Crippen LogP contribution >= 0.6 is 11.3 Å². The van der Waals surface area contributed by atoms with Gasteiger partial charge in [-0.15, -0.1) is 11.3 Å². The molecule has 4 nitrogen and oxygen atoms in total. The van der Waals surface area contributed by atoms with E-state index in [2.05, 4.69) is 11.1 Å². The lowest BCUT2D eigenvalue weighted by atomic mass is 10.0. The molecule has 1 aliphatic heterocycles. The Labute approximate surface area is 144 Å². The first-order valence-electron chi connectivity index (χ1n) is 7.94. The standard InChI is InChI=1S/C19H17NO3S/c1-12-20-16-6-3-14(10-19(16)24-12)8-15(21)5-2-13-4-7-17-18(9-13)23-11-22-17/h3-4,6-7,9-10H,2,5,8,11H2,1H3. The summed E-state index contributed by atoms with van der Waals surface area (Å²) in [5.74, 6) is 1.79. The highest BCUT2D eigenvalue weighted by Gasteiger charge is 2.14. The Hall–Kier alpha value is -2.40. The van der Waals surface area contributed by atoms with Gasteiger partial charge in [0.25, 0.3) is 0 Å². The molecule has 122 valence electrons. The maximum Gasteiger partial charge on any atom is 0.231 e. The van der Waals surface area contributed by atoms with Crippen molar-refractivity contribution in [2.45, 2.75) is 26.2 Å². The number of carbonyl (C=O) groups excluding carboxylic acids is 1. The molecule has 1 aliphatic rings. The maximum absolute atomic E-state index is 12.3. The van der Waals surface area contributed by atoms with Gasteiger partial charge in [-0.05, 0) is 48.7 Å². The van der Waals surface area contributed by atoms with Crippen LogP contribution in [0.2, 0.25) is 0 Å². The van der Waals surface area contributed by atoms with Crippen LogP contribution in [-0.2, 0) is 17.6 Å². The Bertz CT molecular complexity index is 916. The lowest BCUT2D eigenvalue weighted by molar-refractivity contribution is -0.118. The van der Waals surface area contributed by atoms with Crippen molar-refractivity contribution in [1.82, 2.24) is 4.98 Å². The molecule has 0 unspecified atom stereocenters. The zero-order valence-corrected chi connectivity index (χ0v) is 14.2. The van der Waals surface area contributed by atoms with E-state index in [1.807, 2.05) is 37.3 Å². The lowest BCUT2D eigenvalue weighted by Gasteiger charge is -2.04. The number of fused-ring (bicyclic) bond motifs is 2. The fourth-order valence-electron chi connectivity index (χ4n) is 2.89. The number of aromatic nitrogens is 1. The molecule has 3 aromatic rings. The van der Waals surface area contributed by atoms with Gasteiger partial charge in [-0.25, -0.2) is 4.98 Å². The Morgan fingerprint density at radius 3 is 2.88 bits per heavy atom. The summed E-state index contributed by atoms with van der Waals surface area (Å²) >= 11 is 1.67. The van der Waals surface area contributed by atoms with Gasteiger partial charge in [-0.3, -0.25) is 4.79 Å². The van der Waals surface area contributed by atoms with E-state index in [1.165, 1.54) is 0 Å². The van der Waals surface area contributed by atoms with Crippen LogP contribution in [0.3, 0.4) is 0 Å². The van der Waals surface area contributed by atoms with Gasteiger partial charge in [0.2, 0.25) is 6.79 Å². The van der Waals surface area contributed by atoms with Crippen molar-refractivity contribution in [3.05, 3.63) is 52.5 Å².